The van der Waals surface area contributed by atoms with Crippen LogP contribution >= 0.6 is 22.6 Å². The molecule has 1 aromatic heterocycles. The maximum absolute atomic E-state index is 12.3. The zero-order valence-electron chi connectivity index (χ0n) is 11.6. The normalized spacial score (nSPS) is 14.5. The lowest BCUT2D eigenvalue weighted by molar-refractivity contribution is -0.128. The first-order chi connectivity index (χ1) is 10.4. The summed E-state index contributed by atoms with van der Waals surface area (Å²) in [7, 11) is 0. The van der Waals surface area contributed by atoms with Gasteiger partial charge in [0.1, 0.15) is 17.7 Å². The molecule has 1 amide bonds. The molecule has 0 atom stereocenters. The molecule has 0 bridgehead atoms. The fourth-order valence-electron chi connectivity index (χ4n) is 2.24. The van der Waals surface area contributed by atoms with Gasteiger partial charge in [0.2, 0.25) is 5.91 Å². The summed E-state index contributed by atoms with van der Waals surface area (Å²) in [6.07, 6.45) is 0.206. The van der Waals surface area contributed by atoms with Crippen molar-refractivity contribution in [2.75, 3.05) is 6.54 Å². The Morgan fingerprint density at radius 3 is 2.82 bits per heavy atom. The van der Waals surface area contributed by atoms with E-state index in [1.807, 2.05) is 12.1 Å². The van der Waals surface area contributed by atoms with Crippen LogP contribution in [0, 0.1) is 3.57 Å². The smallest absolute Gasteiger partial charge is 0.347 e. The van der Waals surface area contributed by atoms with Crippen LogP contribution in [0.2, 0.25) is 0 Å². The first-order valence-corrected chi connectivity index (χ1v) is 7.63. The van der Waals surface area contributed by atoms with Crippen LogP contribution < -0.4 is 5.63 Å². The van der Waals surface area contributed by atoms with Gasteiger partial charge in [-0.15, -0.1) is 0 Å². The molecule has 3 rings (SSSR count). The van der Waals surface area contributed by atoms with Crippen LogP contribution in [0.1, 0.15) is 23.7 Å². The number of amides is 1. The van der Waals surface area contributed by atoms with Crippen molar-refractivity contribution < 1.29 is 14.0 Å². The zero-order chi connectivity index (χ0) is 15.9. The topological polar surface area (TPSA) is 80.0 Å². The van der Waals surface area contributed by atoms with Gasteiger partial charge in [-0.2, -0.15) is 5.10 Å². The monoisotopic (exact) mass is 410 g/mol. The number of nitrogens with zero attached hydrogens (tertiary/aromatic N) is 2. The summed E-state index contributed by atoms with van der Waals surface area (Å²) in [5.41, 5.74) is 0.305. The number of fused-ring (bicyclic) bond motifs is 1. The number of rotatable bonds is 3. The molecule has 0 unspecified atom stereocenters. The van der Waals surface area contributed by atoms with E-state index in [0.29, 0.717) is 16.7 Å². The Kier molecular flexibility index (Phi) is 3.81. The third-order valence-electron chi connectivity index (χ3n) is 3.27. The summed E-state index contributed by atoms with van der Waals surface area (Å²) in [5.74, 6) is -0.730. The van der Waals surface area contributed by atoms with Crippen LogP contribution in [-0.2, 0) is 4.79 Å². The fourth-order valence-corrected chi connectivity index (χ4v) is 2.76. The van der Waals surface area contributed by atoms with Gasteiger partial charge in [-0.05, 0) is 53.8 Å². The molecule has 0 N–H and O–H groups in total. The molecule has 0 fully saturated rings. The minimum absolute atomic E-state index is 0.0675. The Morgan fingerprint density at radius 1 is 1.36 bits per heavy atom. The first kappa shape index (κ1) is 14.9. The summed E-state index contributed by atoms with van der Waals surface area (Å²) in [6, 6.07) is 6.82. The van der Waals surface area contributed by atoms with Gasteiger partial charge < -0.3 is 4.42 Å². The fraction of sp³-hybridized carbons (Fsp3) is 0.200. The molecule has 2 heterocycles. The van der Waals surface area contributed by atoms with Gasteiger partial charge in [-0.25, -0.2) is 9.80 Å². The third-order valence-corrected chi connectivity index (χ3v) is 3.95. The number of carbonyl (C=O) groups excluding carboxylic acids is 2. The van der Waals surface area contributed by atoms with E-state index in [-0.39, 0.29) is 24.4 Å². The Labute approximate surface area is 138 Å². The number of benzene rings is 1. The Balaban J connectivity index is 1.95. The standard InChI is InChI=1S/C15H11IN2O4/c1-8-4-14(20)18(17-8)7-12(19)11-6-9-5-10(16)2-3-13(9)22-15(11)21/h2-3,5-6H,4,7H2,1H3. The molecule has 1 aliphatic heterocycles. The molecule has 1 aliphatic rings. The zero-order valence-corrected chi connectivity index (χ0v) is 13.8. The molecule has 0 spiro atoms. The van der Waals surface area contributed by atoms with Gasteiger partial charge in [0.15, 0.2) is 5.78 Å². The maximum Gasteiger partial charge on any atom is 0.347 e. The molecular weight excluding hydrogens is 399 g/mol. The molecule has 6 nitrogen and oxygen atoms in total. The van der Waals surface area contributed by atoms with Gasteiger partial charge >= 0.3 is 5.63 Å². The molecule has 7 heteroatoms. The average molecular weight is 410 g/mol. The number of hydrogen-bond donors (Lipinski definition) is 0. The summed E-state index contributed by atoms with van der Waals surface area (Å²) in [5, 5.41) is 5.75. The van der Waals surface area contributed by atoms with Crippen molar-refractivity contribution in [2.45, 2.75) is 13.3 Å². The van der Waals surface area contributed by atoms with Crippen molar-refractivity contribution in [3.63, 3.8) is 0 Å². The van der Waals surface area contributed by atoms with E-state index in [0.717, 1.165) is 8.58 Å². The van der Waals surface area contributed by atoms with Crippen LogP contribution in [0.3, 0.4) is 0 Å². The van der Waals surface area contributed by atoms with E-state index in [2.05, 4.69) is 27.7 Å². The quantitative estimate of drug-likeness (QED) is 0.442. The molecular formula is C15H11IN2O4. The minimum atomic E-state index is -0.703. The van der Waals surface area contributed by atoms with Crippen LogP contribution in [-0.4, -0.2) is 29.0 Å². The van der Waals surface area contributed by atoms with Crippen LogP contribution in [0.15, 0.2) is 38.6 Å². The molecule has 1 aromatic carbocycles. The van der Waals surface area contributed by atoms with Gasteiger partial charge in [0.05, 0.1) is 6.42 Å². The lowest BCUT2D eigenvalue weighted by Gasteiger charge is -2.10. The number of ketones is 1. The van der Waals surface area contributed by atoms with Crippen molar-refractivity contribution in [2.24, 2.45) is 5.10 Å². The van der Waals surface area contributed by atoms with Crippen LogP contribution in [0.5, 0.6) is 0 Å². The van der Waals surface area contributed by atoms with E-state index in [4.69, 9.17) is 4.42 Å². The van der Waals surface area contributed by atoms with Crippen LogP contribution in [0.4, 0.5) is 0 Å². The van der Waals surface area contributed by atoms with Crippen molar-refractivity contribution >= 4 is 51.0 Å². The predicted molar refractivity (Wildman–Crippen MR) is 89.0 cm³/mol. The molecule has 0 saturated heterocycles. The Morgan fingerprint density at radius 2 is 2.14 bits per heavy atom. The van der Waals surface area contributed by atoms with Crippen molar-refractivity contribution in [3.05, 3.63) is 43.8 Å². The van der Waals surface area contributed by atoms with Gasteiger partial charge in [0.25, 0.3) is 0 Å². The predicted octanol–water partition coefficient (Wildman–Crippen LogP) is 2.19. The SMILES string of the molecule is CC1=NN(CC(=O)c2cc3cc(I)ccc3oc2=O)C(=O)C1. The van der Waals surface area contributed by atoms with Gasteiger partial charge in [-0.3, -0.25) is 9.59 Å². The molecule has 0 aliphatic carbocycles. The van der Waals surface area contributed by atoms with Crippen molar-refractivity contribution in [1.29, 1.82) is 0 Å². The largest absolute Gasteiger partial charge is 0.422 e. The Hall–Kier alpha value is -2.03. The second kappa shape index (κ2) is 5.64. The lowest BCUT2D eigenvalue weighted by Crippen LogP contribution is -2.30. The van der Waals surface area contributed by atoms with Gasteiger partial charge in [-0.1, -0.05) is 0 Å². The molecule has 2 aromatic rings. The van der Waals surface area contributed by atoms with Crippen molar-refractivity contribution in [3.8, 4) is 0 Å². The summed E-state index contributed by atoms with van der Waals surface area (Å²) in [4.78, 5) is 35.9. The highest BCUT2D eigenvalue weighted by atomic mass is 127. The van der Waals surface area contributed by atoms with Crippen molar-refractivity contribution in [1.82, 2.24) is 5.01 Å². The molecule has 112 valence electrons. The molecule has 0 radical (unpaired) electrons. The Bertz CT molecular complexity index is 885. The lowest BCUT2D eigenvalue weighted by atomic mass is 10.1. The van der Waals surface area contributed by atoms with E-state index in [1.54, 1.807) is 13.0 Å². The van der Waals surface area contributed by atoms with E-state index in [9.17, 15) is 14.4 Å². The summed E-state index contributed by atoms with van der Waals surface area (Å²) < 4.78 is 6.13. The molecule has 0 saturated carbocycles. The summed E-state index contributed by atoms with van der Waals surface area (Å²) >= 11 is 2.14. The third kappa shape index (κ3) is 2.80. The van der Waals surface area contributed by atoms with Gasteiger partial charge in [0, 0.05) is 14.7 Å². The second-order valence-electron chi connectivity index (χ2n) is 5.02. The van der Waals surface area contributed by atoms with E-state index < -0.39 is 11.4 Å². The first-order valence-electron chi connectivity index (χ1n) is 6.55. The number of hydrogen-bond acceptors (Lipinski definition) is 5. The maximum atomic E-state index is 12.3. The summed E-state index contributed by atoms with van der Waals surface area (Å²) in [6.45, 7) is 1.46. The highest BCUT2D eigenvalue weighted by molar-refractivity contribution is 14.1. The highest BCUT2D eigenvalue weighted by Crippen LogP contribution is 2.17. The van der Waals surface area contributed by atoms with E-state index >= 15 is 0 Å². The number of hydrazone groups is 1. The number of Topliss-reactive ketones (excluding diaryl/α,β-unsaturated/α-hetero) is 1. The molecule has 22 heavy (non-hydrogen) atoms. The van der Waals surface area contributed by atoms with E-state index in [1.165, 1.54) is 6.07 Å². The van der Waals surface area contributed by atoms with Crippen LogP contribution in [0.25, 0.3) is 11.0 Å². The minimum Gasteiger partial charge on any atom is -0.422 e. The second-order valence-corrected chi connectivity index (χ2v) is 6.26. The highest BCUT2D eigenvalue weighted by Gasteiger charge is 2.25. The number of carbonyl (C=O) groups is 2. The number of halogens is 1. The average Bonchev–Trinajstić information content (AvgIpc) is 2.76.